The summed E-state index contributed by atoms with van der Waals surface area (Å²) >= 11 is 7.80. The Balaban J connectivity index is 3.70. The molecule has 0 rings (SSSR count). The molecule has 4 heteroatoms. The Morgan fingerprint density at radius 2 is 1.00 bits per heavy atom. The first-order valence-electron chi connectivity index (χ1n) is 13.1. The maximum absolute atomic E-state index is 12.5. The van der Waals surface area contributed by atoms with Gasteiger partial charge in [0.15, 0.2) is 0 Å². The van der Waals surface area contributed by atoms with Gasteiger partial charge < -0.3 is 4.90 Å². The molecule has 1 amide bonds. The smallest absolute Gasteiger partial charge is 0.222 e. The number of carbonyl (C=O) groups is 1. The number of nitrogens with zero attached hydrogens (tertiary/aromatic N) is 1. The molecule has 0 aliphatic heterocycles. The standard InChI is InChI=1S/C26H51Br2NO/c1-4-7-10-11-13-16-19-24(27)25(28)20-17-14-12-15-18-21-26(30)29(22-8-5-2)23-9-6-3/h24-25H,4-23H2,1-3H3/t24-,25-/m0/s1. The minimum Gasteiger partial charge on any atom is -0.343 e. The van der Waals surface area contributed by atoms with Crippen molar-refractivity contribution in [1.82, 2.24) is 4.90 Å². The molecular weight excluding hydrogens is 502 g/mol. The summed E-state index contributed by atoms with van der Waals surface area (Å²) in [6.45, 7) is 8.59. The van der Waals surface area contributed by atoms with Crippen molar-refractivity contribution in [3.8, 4) is 0 Å². The van der Waals surface area contributed by atoms with Gasteiger partial charge in [-0.2, -0.15) is 0 Å². The summed E-state index contributed by atoms with van der Waals surface area (Å²) < 4.78 is 0. The van der Waals surface area contributed by atoms with E-state index in [1.807, 2.05) is 0 Å². The average Bonchev–Trinajstić information content (AvgIpc) is 2.75. The Labute approximate surface area is 206 Å². The van der Waals surface area contributed by atoms with Crippen LogP contribution in [0.1, 0.15) is 136 Å². The normalized spacial score (nSPS) is 13.4. The summed E-state index contributed by atoms with van der Waals surface area (Å²) in [5.74, 6) is 0.384. The largest absolute Gasteiger partial charge is 0.343 e. The minimum atomic E-state index is 0.384. The van der Waals surface area contributed by atoms with E-state index in [1.54, 1.807) is 0 Å². The third-order valence-electron chi connectivity index (χ3n) is 6.01. The van der Waals surface area contributed by atoms with Crippen molar-refractivity contribution in [3.63, 3.8) is 0 Å². The zero-order chi connectivity index (χ0) is 22.5. The maximum Gasteiger partial charge on any atom is 0.222 e. The minimum absolute atomic E-state index is 0.384. The van der Waals surface area contributed by atoms with Crippen LogP contribution in [0.5, 0.6) is 0 Å². The Morgan fingerprint density at radius 1 is 0.600 bits per heavy atom. The molecule has 0 aromatic heterocycles. The van der Waals surface area contributed by atoms with Gasteiger partial charge in [-0.05, 0) is 32.1 Å². The molecule has 0 heterocycles. The third-order valence-corrected chi connectivity index (χ3v) is 8.91. The van der Waals surface area contributed by atoms with Crippen LogP contribution in [0.4, 0.5) is 0 Å². The van der Waals surface area contributed by atoms with Crippen LogP contribution >= 0.6 is 31.9 Å². The van der Waals surface area contributed by atoms with Crippen LogP contribution < -0.4 is 0 Å². The maximum atomic E-state index is 12.5. The van der Waals surface area contributed by atoms with E-state index in [0.29, 0.717) is 15.6 Å². The summed E-state index contributed by atoms with van der Waals surface area (Å²) in [7, 11) is 0. The second kappa shape index (κ2) is 22.6. The Kier molecular flexibility index (Phi) is 22.9. The fourth-order valence-electron chi connectivity index (χ4n) is 3.84. The van der Waals surface area contributed by atoms with Crippen molar-refractivity contribution in [2.75, 3.05) is 13.1 Å². The zero-order valence-corrected chi connectivity index (χ0v) is 23.6. The molecule has 0 saturated heterocycles. The molecule has 0 bridgehead atoms. The second-order valence-corrected chi connectivity index (χ2v) is 11.3. The van der Waals surface area contributed by atoms with Crippen LogP contribution in [-0.2, 0) is 4.79 Å². The Morgan fingerprint density at radius 3 is 1.47 bits per heavy atom. The molecule has 0 saturated carbocycles. The molecule has 0 aromatic rings. The number of amides is 1. The van der Waals surface area contributed by atoms with Crippen LogP contribution in [0, 0.1) is 0 Å². The average molecular weight is 554 g/mol. The predicted octanol–water partition coefficient (Wildman–Crippen LogP) is 9.42. The van der Waals surface area contributed by atoms with Crippen molar-refractivity contribution in [2.24, 2.45) is 0 Å². The van der Waals surface area contributed by atoms with Gasteiger partial charge in [-0.1, -0.05) is 130 Å². The zero-order valence-electron chi connectivity index (χ0n) is 20.4. The van der Waals surface area contributed by atoms with E-state index < -0.39 is 0 Å². The lowest BCUT2D eigenvalue weighted by molar-refractivity contribution is -0.131. The quantitative estimate of drug-likeness (QED) is 0.0966. The lowest BCUT2D eigenvalue weighted by Gasteiger charge is -2.22. The highest BCUT2D eigenvalue weighted by Gasteiger charge is 2.15. The van der Waals surface area contributed by atoms with Crippen molar-refractivity contribution in [1.29, 1.82) is 0 Å². The summed E-state index contributed by atoms with van der Waals surface area (Å²) in [5, 5.41) is 0. The van der Waals surface area contributed by atoms with Gasteiger partial charge in [0.05, 0.1) is 0 Å². The van der Waals surface area contributed by atoms with E-state index in [2.05, 4.69) is 57.5 Å². The van der Waals surface area contributed by atoms with Gasteiger partial charge in [0.25, 0.3) is 0 Å². The molecule has 0 spiro atoms. The lowest BCUT2D eigenvalue weighted by atomic mass is 10.0. The molecule has 0 aromatic carbocycles. The van der Waals surface area contributed by atoms with E-state index in [0.717, 1.165) is 38.8 Å². The van der Waals surface area contributed by atoms with Crippen molar-refractivity contribution >= 4 is 37.8 Å². The van der Waals surface area contributed by atoms with E-state index in [4.69, 9.17) is 0 Å². The van der Waals surface area contributed by atoms with E-state index >= 15 is 0 Å². The molecular formula is C26H51Br2NO. The summed E-state index contributed by atoms with van der Waals surface area (Å²) in [5.41, 5.74) is 0. The molecule has 2 atom stereocenters. The first kappa shape index (κ1) is 30.4. The van der Waals surface area contributed by atoms with E-state index in [-0.39, 0.29) is 0 Å². The van der Waals surface area contributed by atoms with Gasteiger partial charge in [0, 0.05) is 29.2 Å². The van der Waals surface area contributed by atoms with Crippen LogP contribution in [0.15, 0.2) is 0 Å². The van der Waals surface area contributed by atoms with Gasteiger partial charge in [-0.25, -0.2) is 0 Å². The highest BCUT2D eigenvalue weighted by molar-refractivity contribution is 9.12. The molecule has 0 fully saturated rings. The van der Waals surface area contributed by atoms with Crippen LogP contribution in [0.25, 0.3) is 0 Å². The molecule has 0 aliphatic carbocycles. The molecule has 30 heavy (non-hydrogen) atoms. The molecule has 0 N–H and O–H groups in total. The fraction of sp³-hybridized carbons (Fsp3) is 0.962. The number of carbonyl (C=O) groups excluding carboxylic acids is 1. The van der Waals surface area contributed by atoms with Gasteiger partial charge in [0.1, 0.15) is 0 Å². The first-order valence-corrected chi connectivity index (χ1v) is 15.0. The van der Waals surface area contributed by atoms with E-state index in [9.17, 15) is 4.79 Å². The predicted molar refractivity (Wildman–Crippen MR) is 142 cm³/mol. The Hall–Kier alpha value is 0.430. The SMILES string of the molecule is CCCCCCCC[C@H](Br)[C@@H](Br)CCCCCCCC(=O)N(CCCC)CCCC. The highest BCUT2D eigenvalue weighted by atomic mass is 79.9. The fourth-order valence-corrected chi connectivity index (χ4v) is 5.02. The topological polar surface area (TPSA) is 20.3 Å². The molecule has 0 aliphatic rings. The van der Waals surface area contributed by atoms with Crippen molar-refractivity contribution in [2.45, 2.75) is 146 Å². The molecule has 0 unspecified atom stereocenters. The van der Waals surface area contributed by atoms with Gasteiger partial charge in [0.2, 0.25) is 5.91 Å². The van der Waals surface area contributed by atoms with E-state index in [1.165, 1.54) is 89.9 Å². The second-order valence-electron chi connectivity index (χ2n) is 8.98. The summed E-state index contributed by atoms with van der Waals surface area (Å²) in [4.78, 5) is 15.8. The lowest BCUT2D eigenvalue weighted by Crippen LogP contribution is -2.32. The number of hydrogen-bond donors (Lipinski definition) is 0. The van der Waals surface area contributed by atoms with Gasteiger partial charge >= 0.3 is 0 Å². The van der Waals surface area contributed by atoms with Crippen LogP contribution in [-0.4, -0.2) is 33.6 Å². The van der Waals surface area contributed by atoms with Crippen molar-refractivity contribution < 1.29 is 4.79 Å². The number of rotatable bonds is 22. The molecule has 180 valence electrons. The number of hydrogen-bond acceptors (Lipinski definition) is 1. The van der Waals surface area contributed by atoms with Gasteiger partial charge in [-0.3, -0.25) is 4.79 Å². The summed E-state index contributed by atoms with van der Waals surface area (Å²) in [6, 6.07) is 0. The molecule has 0 radical (unpaired) electrons. The highest BCUT2D eigenvalue weighted by Crippen LogP contribution is 2.25. The van der Waals surface area contributed by atoms with Crippen molar-refractivity contribution in [3.05, 3.63) is 0 Å². The first-order chi connectivity index (χ1) is 14.6. The summed E-state index contributed by atoms with van der Waals surface area (Å²) in [6.07, 6.45) is 22.3. The Bertz CT molecular complexity index is 370. The molecule has 2 nitrogen and oxygen atoms in total. The monoisotopic (exact) mass is 551 g/mol. The van der Waals surface area contributed by atoms with Crippen LogP contribution in [0.2, 0.25) is 0 Å². The number of alkyl halides is 2. The number of halogens is 2. The number of unbranched alkanes of at least 4 members (excludes halogenated alkanes) is 11. The third kappa shape index (κ3) is 18.0. The van der Waals surface area contributed by atoms with Crippen LogP contribution in [0.3, 0.4) is 0 Å². The van der Waals surface area contributed by atoms with Gasteiger partial charge in [-0.15, -0.1) is 0 Å².